The number of hydrogen-bond acceptors (Lipinski definition) is 3. The lowest BCUT2D eigenvalue weighted by molar-refractivity contribution is 0.0944. The minimum Gasteiger partial charge on any atom is -0.361 e. The number of amides is 1. The topological polar surface area (TPSA) is 71.0 Å². The lowest BCUT2D eigenvalue weighted by atomic mass is 10.2. The van der Waals surface area contributed by atoms with Crippen molar-refractivity contribution >= 4 is 34.3 Å². The first kappa shape index (κ1) is 17.2. The van der Waals surface area contributed by atoms with E-state index in [1.165, 1.54) is 0 Å². The van der Waals surface area contributed by atoms with E-state index in [1.54, 1.807) is 12.1 Å². The second kappa shape index (κ2) is 7.92. The second-order valence-corrected chi connectivity index (χ2v) is 5.70. The number of rotatable bonds is 5. The normalized spacial score (nSPS) is 10.6. The summed E-state index contributed by atoms with van der Waals surface area (Å²) in [5.41, 5.74) is 7.71. The average Bonchev–Trinajstić information content (AvgIpc) is 2.86. The van der Waals surface area contributed by atoms with E-state index in [4.69, 9.17) is 12.2 Å². The Bertz CT molecular complexity index is 710. The van der Waals surface area contributed by atoms with Gasteiger partial charge in [-0.3, -0.25) is 15.6 Å². The number of aryl methyl sites for hydroxylation is 2. The van der Waals surface area contributed by atoms with Crippen molar-refractivity contribution in [1.82, 2.24) is 25.7 Å². The van der Waals surface area contributed by atoms with Gasteiger partial charge in [0.15, 0.2) is 5.11 Å². The number of nitrogens with zero attached hydrogens (tertiary/aromatic N) is 2. The third kappa shape index (κ3) is 4.19. The molecular weight excluding hydrogens is 310 g/mol. The van der Waals surface area contributed by atoms with Gasteiger partial charge in [0.1, 0.15) is 5.82 Å². The number of fused-ring (bicyclic) bond motifs is 1. The van der Waals surface area contributed by atoms with Gasteiger partial charge in [-0.05, 0) is 50.7 Å². The molecule has 3 N–H and O–H groups in total. The number of nitrogens with one attached hydrogen (secondary N) is 3. The predicted octanol–water partition coefficient (Wildman–Crippen LogP) is 2.27. The third-order valence-corrected chi connectivity index (χ3v) is 3.87. The van der Waals surface area contributed by atoms with Gasteiger partial charge in [-0.15, -0.1) is 0 Å². The van der Waals surface area contributed by atoms with E-state index in [0.29, 0.717) is 10.7 Å². The number of imidazole rings is 1. The van der Waals surface area contributed by atoms with Gasteiger partial charge in [0.2, 0.25) is 0 Å². The zero-order valence-corrected chi connectivity index (χ0v) is 14.6. The smallest absolute Gasteiger partial charge is 0.269 e. The lowest BCUT2D eigenvalue weighted by Gasteiger charge is -2.11. The summed E-state index contributed by atoms with van der Waals surface area (Å²) in [6, 6.07) is 5.50. The molecule has 0 saturated heterocycles. The Hall–Kier alpha value is -2.15. The van der Waals surface area contributed by atoms with Crippen LogP contribution in [-0.2, 0) is 6.54 Å². The molecule has 0 aliphatic heterocycles. The van der Waals surface area contributed by atoms with Crippen molar-refractivity contribution in [3.05, 3.63) is 29.6 Å². The number of aromatic nitrogens is 2. The van der Waals surface area contributed by atoms with Crippen molar-refractivity contribution in [1.29, 1.82) is 0 Å². The molecule has 1 amide bonds. The maximum Gasteiger partial charge on any atom is 0.269 e. The molecule has 2 rings (SSSR count). The van der Waals surface area contributed by atoms with Crippen LogP contribution in [-0.4, -0.2) is 27.1 Å². The first-order valence-electron chi connectivity index (χ1n) is 7.87. The monoisotopic (exact) mass is 333 g/mol. The van der Waals surface area contributed by atoms with Gasteiger partial charge in [-0.25, -0.2) is 4.98 Å². The number of carbonyl (C=O) groups excluding carboxylic acids is 1. The molecule has 6 nitrogen and oxygen atoms in total. The van der Waals surface area contributed by atoms with Gasteiger partial charge >= 0.3 is 0 Å². The van der Waals surface area contributed by atoms with E-state index in [9.17, 15) is 4.79 Å². The lowest BCUT2D eigenvalue weighted by Crippen LogP contribution is -2.46. The van der Waals surface area contributed by atoms with Crippen molar-refractivity contribution in [2.75, 3.05) is 6.54 Å². The first-order chi connectivity index (χ1) is 11.1. The Labute approximate surface area is 141 Å². The molecule has 0 spiro atoms. The maximum absolute atomic E-state index is 12.2. The molecular formula is C16H23N5OS. The molecule has 0 saturated carbocycles. The Balaban J connectivity index is 2.00. The van der Waals surface area contributed by atoms with E-state index in [-0.39, 0.29) is 5.91 Å². The Morgan fingerprint density at radius 1 is 1.30 bits per heavy atom. The molecule has 0 atom stereocenters. The molecule has 1 aromatic carbocycles. The van der Waals surface area contributed by atoms with Crippen molar-refractivity contribution in [3.63, 3.8) is 0 Å². The summed E-state index contributed by atoms with van der Waals surface area (Å²) in [6.45, 7) is 7.79. The maximum atomic E-state index is 12.2. The Morgan fingerprint density at radius 3 is 2.78 bits per heavy atom. The van der Waals surface area contributed by atoms with E-state index < -0.39 is 0 Å². The summed E-state index contributed by atoms with van der Waals surface area (Å²) in [4.78, 5) is 16.7. The van der Waals surface area contributed by atoms with E-state index >= 15 is 0 Å². The molecule has 2 aromatic rings. The predicted molar refractivity (Wildman–Crippen MR) is 96.3 cm³/mol. The summed E-state index contributed by atoms with van der Waals surface area (Å²) in [7, 11) is 0. The molecule has 0 radical (unpaired) electrons. The fourth-order valence-corrected chi connectivity index (χ4v) is 2.55. The number of unbranched alkanes of at least 4 members (excludes halogenated alkanes) is 1. The highest BCUT2D eigenvalue weighted by Crippen LogP contribution is 2.17. The molecule has 7 heteroatoms. The fraction of sp³-hybridized carbons (Fsp3) is 0.438. The first-order valence-corrected chi connectivity index (χ1v) is 8.28. The van der Waals surface area contributed by atoms with Crippen LogP contribution in [0.1, 0.15) is 42.9 Å². The number of thiocarbonyl (C=S) groups is 1. The van der Waals surface area contributed by atoms with Crippen LogP contribution in [0.2, 0.25) is 0 Å². The summed E-state index contributed by atoms with van der Waals surface area (Å²) >= 11 is 5.10. The van der Waals surface area contributed by atoms with Gasteiger partial charge in [-0.2, -0.15) is 0 Å². The average molecular weight is 333 g/mol. The molecule has 23 heavy (non-hydrogen) atoms. The zero-order chi connectivity index (χ0) is 16.8. The number of benzene rings is 1. The number of hydrazine groups is 1. The highest BCUT2D eigenvalue weighted by molar-refractivity contribution is 7.80. The number of carbonyl (C=O) groups is 1. The van der Waals surface area contributed by atoms with Crippen molar-refractivity contribution in [3.8, 4) is 0 Å². The fourth-order valence-electron chi connectivity index (χ4n) is 2.40. The SMILES string of the molecule is CCCCNC(=S)NNC(=O)c1ccc2c(c1)nc(C)n2CC. The zero-order valence-electron chi connectivity index (χ0n) is 13.8. The second-order valence-electron chi connectivity index (χ2n) is 5.30. The molecule has 1 aromatic heterocycles. The van der Waals surface area contributed by atoms with Crippen LogP contribution in [0.15, 0.2) is 18.2 Å². The van der Waals surface area contributed by atoms with Crippen molar-refractivity contribution < 1.29 is 4.79 Å². The summed E-state index contributed by atoms with van der Waals surface area (Å²) in [5, 5.41) is 3.44. The minimum absolute atomic E-state index is 0.241. The minimum atomic E-state index is -0.241. The van der Waals surface area contributed by atoms with Gasteiger partial charge in [-0.1, -0.05) is 13.3 Å². The Kier molecular flexibility index (Phi) is 5.92. The summed E-state index contributed by atoms with van der Waals surface area (Å²) in [5.74, 6) is 0.703. The Morgan fingerprint density at radius 2 is 2.09 bits per heavy atom. The molecule has 0 aliphatic rings. The van der Waals surface area contributed by atoms with Crippen LogP contribution in [0.25, 0.3) is 11.0 Å². The molecule has 0 bridgehead atoms. The summed E-state index contributed by atoms with van der Waals surface area (Å²) in [6.07, 6.45) is 2.12. The van der Waals surface area contributed by atoms with Gasteiger partial charge < -0.3 is 9.88 Å². The van der Waals surface area contributed by atoms with E-state index in [1.807, 2.05) is 13.0 Å². The standard InChI is InChI=1S/C16H23N5OS/c1-4-6-9-17-16(23)20-19-15(22)12-7-8-14-13(10-12)18-11(3)21(14)5-2/h7-8,10H,4-6,9H2,1-3H3,(H,19,22)(H2,17,20,23). The molecule has 0 unspecified atom stereocenters. The van der Waals surface area contributed by atoms with Crippen LogP contribution in [0.3, 0.4) is 0 Å². The quantitative estimate of drug-likeness (QED) is 0.445. The van der Waals surface area contributed by atoms with E-state index in [0.717, 1.165) is 42.8 Å². The molecule has 124 valence electrons. The van der Waals surface area contributed by atoms with Crippen LogP contribution in [0.5, 0.6) is 0 Å². The van der Waals surface area contributed by atoms with Gasteiger partial charge in [0.25, 0.3) is 5.91 Å². The highest BCUT2D eigenvalue weighted by Gasteiger charge is 2.11. The third-order valence-electron chi connectivity index (χ3n) is 3.62. The van der Waals surface area contributed by atoms with Crippen LogP contribution in [0, 0.1) is 6.92 Å². The molecule has 0 fully saturated rings. The van der Waals surface area contributed by atoms with Crippen LogP contribution >= 0.6 is 12.2 Å². The van der Waals surface area contributed by atoms with Crippen molar-refractivity contribution in [2.24, 2.45) is 0 Å². The van der Waals surface area contributed by atoms with Crippen LogP contribution < -0.4 is 16.2 Å². The molecule has 1 heterocycles. The van der Waals surface area contributed by atoms with Gasteiger partial charge in [0, 0.05) is 18.7 Å². The van der Waals surface area contributed by atoms with Crippen LogP contribution in [0.4, 0.5) is 0 Å². The molecule has 0 aliphatic carbocycles. The number of hydrogen-bond donors (Lipinski definition) is 3. The van der Waals surface area contributed by atoms with Crippen molar-refractivity contribution in [2.45, 2.75) is 40.2 Å². The highest BCUT2D eigenvalue weighted by atomic mass is 32.1. The largest absolute Gasteiger partial charge is 0.361 e. The van der Waals surface area contributed by atoms with E-state index in [2.05, 4.69) is 39.6 Å². The van der Waals surface area contributed by atoms with Gasteiger partial charge in [0.05, 0.1) is 11.0 Å². The summed E-state index contributed by atoms with van der Waals surface area (Å²) < 4.78 is 2.11.